The molecule has 1 saturated heterocycles. The molecule has 1 aromatic heterocycles. The van der Waals surface area contributed by atoms with Crippen molar-refractivity contribution in [3.05, 3.63) is 101 Å². The molecular formula is C33H36N4O3S. The molecule has 0 saturated carbocycles. The lowest BCUT2D eigenvalue weighted by Crippen LogP contribution is -2.44. The highest BCUT2D eigenvalue weighted by molar-refractivity contribution is 7.92. The number of nitrogens with zero attached hydrogens (tertiary/aromatic N) is 3. The third-order valence-electron chi connectivity index (χ3n) is 8.35. The Bertz CT molecular complexity index is 1620. The highest BCUT2D eigenvalue weighted by atomic mass is 32.2. The van der Waals surface area contributed by atoms with Gasteiger partial charge in [-0.3, -0.25) is 0 Å². The first kappa shape index (κ1) is 27.4. The van der Waals surface area contributed by atoms with Gasteiger partial charge in [0.05, 0.1) is 17.2 Å². The van der Waals surface area contributed by atoms with Crippen LogP contribution < -0.4 is 9.46 Å². The molecule has 212 valence electrons. The Morgan fingerprint density at radius 2 is 1.71 bits per heavy atom. The first-order valence-corrected chi connectivity index (χ1v) is 15.8. The van der Waals surface area contributed by atoms with Crippen molar-refractivity contribution in [1.82, 2.24) is 14.9 Å². The fourth-order valence-corrected chi connectivity index (χ4v) is 7.17. The lowest BCUT2D eigenvalue weighted by Gasteiger charge is -2.38. The Morgan fingerprint density at radius 1 is 0.927 bits per heavy atom. The van der Waals surface area contributed by atoms with Crippen molar-refractivity contribution in [2.75, 3.05) is 31.0 Å². The van der Waals surface area contributed by atoms with E-state index in [0.717, 1.165) is 61.2 Å². The number of fused-ring (bicyclic) bond motifs is 5. The van der Waals surface area contributed by atoms with Crippen LogP contribution in [0.25, 0.3) is 11.3 Å². The molecule has 0 aliphatic carbocycles. The average molecular weight is 569 g/mol. The zero-order valence-corrected chi connectivity index (χ0v) is 24.4. The highest BCUT2D eigenvalue weighted by Gasteiger charge is 2.31. The van der Waals surface area contributed by atoms with E-state index in [4.69, 9.17) is 4.74 Å². The summed E-state index contributed by atoms with van der Waals surface area (Å²) in [4.78, 5) is 11.9. The summed E-state index contributed by atoms with van der Waals surface area (Å²) in [5, 5.41) is 0. The van der Waals surface area contributed by atoms with Crippen molar-refractivity contribution in [3.8, 4) is 17.1 Å². The quantitative estimate of drug-likeness (QED) is 0.341. The van der Waals surface area contributed by atoms with Crippen LogP contribution in [0.4, 0.5) is 5.95 Å². The molecule has 1 fully saturated rings. The second-order valence-electron chi connectivity index (χ2n) is 11.3. The predicted octanol–water partition coefficient (Wildman–Crippen LogP) is 5.68. The minimum absolute atomic E-state index is 0.00878. The van der Waals surface area contributed by atoms with E-state index >= 15 is 0 Å². The molecule has 3 heterocycles. The molecule has 0 spiro atoms. The number of benzene rings is 3. The van der Waals surface area contributed by atoms with Crippen molar-refractivity contribution in [2.24, 2.45) is 11.8 Å². The highest BCUT2D eigenvalue weighted by Crippen LogP contribution is 2.32. The van der Waals surface area contributed by atoms with Gasteiger partial charge >= 0.3 is 0 Å². The summed E-state index contributed by atoms with van der Waals surface area (Å²) in [5.74, 6) is 1.03. The summed E-state index contributed by atoms with van der Waals surface area (Å²) < 4.78 is 35.9. The maximum atomic E-state index is 13.4. The van der Waals surface area contributed by atoms with Crippen molar-refractivity contribution in [1.29, 1.82) is 0 Å². The van der Waals surface area contributed by atoms with E-state index in [9.17, 15) is 8.42 Å². The van der Waals surface area contributed by atoms with Crippen LogP contribution >= 0.6 is 0 Å². The zero-order chi connectivity index (χ0) is 28.4. The van der Waals surface area contributed by atoms with Gasteiger partial charge in [-0.25, -0.2) is 18.1 Å². The van der Waals surface area contributed by atoms with Gasteiger partial charge in [0.1, 0.15) is 0 Å². The third-order valence-corrected chi connectivity index (χ3v) is 9.68. The van der Waals surface area contributed by atoms with Crippen LogP contribution in [-0.2, 0) is 22.9 Å². The molecule has 7 nitrogen and oxygen atoms in total. The number of ether oxygens (including phenoxy) is 1. The average Bonchev–Trinajstić information content (AvgIpc) is 2.96. The molecule has 2 atom stereocenters. The fraction of sp³-hybridized carbons (Fsp3) is 0.333. The number of piperidine rings is 1. The standard InChI is InChI=1S/C33H36N4O3S/c1-23-8-6-9-24(2)32(23)30-20-31-35-33(34-30)36-41(38,39)29-13-7-12-26(19-29)18-27-15-17-37(21-28(27)22-40-31)16-14-25-10-4-3-5-11-25/h3-13,19-20,27-28H,14-18,21-22H2,1-2H3,(H,34,35,36). The molecule has 8 heteroatoms. The first-order chi connectivity index (χ1) is 19.8. The number of rotatable bonds is 4. The maximum absolute atomic E-state index is 13.4. The van der Waals surface area contributed by atoms with Gasteiger partial charge in [0.25, 0.3) is 10.0 Å². The van der Waals surface area contributed by atoms with Crippen LogP contribution in [0, 0.1) is 25.7 Å². The van der Waals surface area contributed by atoms with Gasteiger partial charge < -0.3 is 9.64 Å². The van der Waals surface area contributed by atoms with Gasteiger partial charge in [0.2, 0.25) is 11.8 Å². The number of nitrogens with one attached hydrogen (secondary N) is 1. The molecule has 4 aromatic rings. The van der Waals surface area contributed by atoms with E-state index < -0.39 is 10.0 Å². The minimum atomic E-state index is -3.89. The molecule has 1 N–H and O–H groups in total. The SMILES string of the molecule is Cc1cccc(C)c1-c1cc2nc(n1)NS(=O)(=O)c1cccc(c1)CC1CCN(CCc3ccccc3)CC1CO2. The zero-order valence-electron chi connectivity index (χ0n) is 23.6. The summed E-state index contributed by atoms with van der Waals surface area (Å²) in [7, 11) is -3.89. The normalized spacial score (nSPS) is 20.3. The topological polar surface area (TPSA) is 84.4 Å². The number of hydrogen-bond donors (Lipinski definition) is 1. The Balaban J connectivity index is 1.34. The van der Waals surface area contributed by atoms with Gasteiger partial charge in [-0.2, -0.15) is 4.98 Å². The van der Waals surface area contributed by atoms with Crippen LogP contribution in [0.3, 0.4) is 0 Å². The lowest BCUT2D eigenvalue weighted by molar-refractivity contribution is 0.0797. The van der Waals surface area contributed by atoms with Crippen LogP contribution in [0.15, 0.2) is 83.8 Å². The van der Waals surface area contributed by atoms with Crippen molar-refractivity contribution < 1.29 is 13.2 Å². The molecule has 6 rings (SSSR count). The van der Waals surface area contributed by atoms with E-state index in [0.29, 0.717) is 24.1 Å². The Kier molecular flexibility index (Phi) is 7.77. The molecule has 0 amide bonds. The largest absolute Gasteiger partial charge is 0.477 e. The fourth-order valence-electron chi connectivity index (χ4n) is 6.15. The second kappa shape index (κ2) is 11.6. The number of aromatic nitrogens is 2. The van der Waals surface area contributed by atoms with Crippen LogP contribution in [0.2, 0.25) is 0 Å². The second-order valence-corrected chi connectivity index (χ2v) is 13.0. The number of likely N-dealkylation sites (tertiary alicyclic amines) is 1. The minimum Gasteiger partial charge on any atom is -0.477 e. The van der Waals surface area contributed by atoms with E-state index in [1.54, 1.807) is 12.1 Å². The summed E-state index contributed by atoms with van der Waals surface area (Å²) in [6.07, 6.45) is 2.85. The first-order valence-electron chi connectivity index (χ1n) is 14.3. The summed E-state index contributed by atoms with van der Waals surface area (Å²) in [6, 6.07) is 25.8. The number of aryl methyl sites for hydroxylation is 2. The molecule has 3 aromatic carbocycles. The van der Waals surface area contributed by atoms with Crippen molar-refractivity contribution in [3.63, 3.8) is 0 Å². The van der Waals surface area contributed by atoms with Crippen molar-refractivity contribution >= 4 is 16.0 Å². The van der Waals surface area contributed by atoms with Gasteiger partial charge in [-0.05, 0) is 80.0 Å². The van der Waals surface area contributed by atoms with Crippen LogP contribution in [-0.4, -0.2) is 49.5 Å². The number of hydrogen-bond acceptors (Lipinski definition) is 6. The summed E-state index contributed by atoms with van der Waals surface area (Å²) in [5.41, 5.74) is 6.05. The number of sulfonamides is 1. The molecular weight excluding hydrogens is 532 g/mol. The molecule has 2 aliphatic heterocycles. The maximum Gasteiger partial charge on any atom is 0.264 e. The smallest absolute Gasteiger partial charge is 0.264 e. The molecule has 2 unspecified atom stereocenters. The van der Waals surface area contributed by atoms with Crippen LogP contribution in [0.5, 0.6) is 5.88 Å². The van der Waals surface area contributed by atoms with Gasteiger partial charge in [0.15, 0.2) is 0 Å². The van der Waals surface area contributed by atoms with Gasteiger partial charge in [-0.15, -0.1) is 0 Å². The molecule has 41 heavy (non-hydrogen) atoms. The third kappa shape index (κ3) is 6.29. The Morgan fingerprint density at radius 3 is 2.51 bits per heavy atom. The molecule has 2 aliphatic rings. The van der Waals surface area contributed by atoms with E-state index in [-0.39, 0.29) is 16.8 Å². The predicted molar refractivity (Wildman–Crippen MR) is 162 cm³/mol. The van der Waals surface area contributed by atoms with Crippen molar-refractivity contribution in [2.45, 2.75) is 38.0 Å². The van der Waals surface area contributed by atoms with Crippen LogP contribution in [0.1, 0.15) is 28.7 Å². The van der Waals surface area contributed by atoms with E-state index in [2.05, 4.69) is 49.9 Å². The lowest BCUT2D eigenvalue weighted by atomic mass is 9.81. The number of anilines is 1. The summed E-state index contributed by atoms with van der Waals surface area (Å²) >= 11 is 0. The Hall–Kier alpha value is -3.75. The van der Waals surface area contributed by atoms with E-state index in [1.807, 2.05) is 50.2 Å². The van der Waals surface area contributed by atoms with Gasteiger partial charge in [0, 0.05) is 30.6 Å². The Labute approximate surface area is 242 Å². The molecule has 4 bridgehead atoms. The summed E-state index contributed by atoms with van der Waals surface area (Å²) in [6.45, 7) is 7.50. The van der Waals surface area contributed by atoms with E-state index in [1.165, 1.54) is 5.56 Å². The molecule has 0 radical (unpaired) electrons. The monoisotopic (exact) mass is 568 g/mol. The van der Waals surface area contributed by atoms with Gasteiger partial charge in [-0.1, -0.05) is 60.7 Å².